The third kappa shape index (κ3) is 45.0. The van der Waals surface area contributed by atoms with Gasteiger partial charge in [0.05, 0.1) is 0 Å². The van der Waals surface area contributed by atoms with E-state index in [-0.39, 0.29) is 21.7 Å². The van der Waals surface area contributed by atoms with E-state index in [0.29, 0.717) is 0 Å². The van der Waals surface area contributed by atoms with Gasteiger partial charge in [0.25, 0.3) is 0 Å². The Hall–Kier alpha value is -1.57. The molecule has 13 heteroatoms. The molecule has 4 atom stereocenters. The van der Waals surface area contributed by atoms with Crippen molar-refractivity contribution >= 4 is 23.9 Å². The van der Waals surface area contributed by atoms with E-state index in [2.05, 4.69) is 0 Å². The Morgan fingerprint density at radius 3 is 0.520 bits per heavy atom. The van der Waals surface area contributed by atoms with Crippen molar-refractivity contribution in [3.8, 4) is 0 Å². The van der Waals surface area contributed by atoms with Crippen LogP contribution in [0.1, 0.15) is 27.7 Å². The number of hydrogen-bond donors (Lipinski definition) is 8. The molecule has 0 aliphatic carbocycles. The Morgan fingerprint density at radius 1 is 0.480 bits per heavy atom. The Morgan fingerprint density at radius 2 is 0.520 bits per heavy atom. The van der Waals surface area contributed by atoms with Crippen molar-refractivity contribution in [2.24, 2.45) is 0 Å². The van der Waals surface area contributed by atoms with Gasteiger partial charge in [-0.1, -0.05) is 0 Å². The quantitative estimate of drug-likeness (QED) is 0.232. The Bertz CT molecular complexity index is 306. The molecule has 0 aliphatic heterocycles. The molecule has 25 heavy (non-hydrogen) atoms. The molecule has 144 valence electrons. The van der Waals surface area contributed by atoms with E-state index >= 15 is 0 Å². The SMILES string of the molecule is CC(O)C(=O)O.CC(O)C(=O)O.CC(O)C(=O)O.CC(O)C(=O)O.[Ti+4]. The van der Waals surface area contributed by atoms with Crippen LogP contribution in [0.5, 0.6) is 0 Å². The van der Waals surface area contributed by atoms with Crippen molar-refractivity contribution < 1.29 is 81.7 Å². The van der Waals surface area contributed by atoms with Gasteiger partial charge in [0.15, 0.2) is 0 Å². The summed E-state index contributed by atoms with van der Waals surface area (Å²) in [5, 5.41) is 63.1. The van der Waals surface area contributed by atoms with Gasteiger partial charge in [-0.05, 0) is 27.7 Å². The minimum Gasteiger partial charge on any atom is -0.479 e. The smallest absolute Gasteiger partial charge is 0.479 e. The molecule has 0 saturated carbocycles. The first kappa shape index (κ1) is 34.7. The fraction of sp³-hybridized carbons (Fsp3) is 0.667. The average Bonchev–Trinajstić information content (AvgIpc) is 2.40. The first-order valence-corrected chi connectivity index (χ1v) is 6.21. The summed E-state index contributed by atoms with van der Waals surface area (Å²) in [6.07, 6.45) is -4.93. The first-order valence-electron chi connectivity index (χ1n) is 6.21. The van der Waals surface area contributed by atoms with Crippen LogP contribution in [0, 0.1) is 0 Å². The number of carboxylic acid groups (broad SMARTS) is 4. The van der Waals surface area contributed by atoms with E-state index in [1.807, 2.05) is 0 Å². The van der Waals surface area contributed by atoms with E-state index in [1.54, 1.807) is 0 Å². The number of aliphatic carboxylic acids is 4. The molecular weight excluding hydrogens is 384 g/mol. The van der Waals surface area contributed by atoms with Crippen molar-refractivity contribution in [2.75, 3.05) is 0 Å². The third-order valence-corrected chi connectivity index (χ3v) is 1.43. The number of hydrogen-bond acceptors (Lipinski definition) is 8. The van der Waals surface area contributed by atoms with Crippen LogP contribution in [0.25, 0.3) is 0 Å². The summed E-state index contributed by atoms with van der Waals surface area (Å²) in [6, 6.07) is 0. The summed E-state index contributed by atoms with van der Waals surface area (Å²) in [5.74, 6) is -4.74. The Kier molecular flexibility index (Phi) is 28.4. The number of carbonyl (C=O) groups is 4. The van der Waals surface area contributed by atoms with Crippen molar-refractivity contribution in [3.05, 3.63) is 0 Å². The molecular formula is C12H24O12Ti+4. The van der Waals surface area contributed by atoms with E-state index in [0.717, 1.165) is 0 Å². The molecule has 0 aliphatic rings. The first-order chi connectivity index (χ1) is 10.6. The van der Waals surface area contributed by atoms with Crippen LogP contribution in [0.15, 0.2) is 0 Å². The monoisotopic (exact) mass is 408 g/mol. The fourth-order valence-electron chi connectivity index (χ4n) is 0. The minimum absolute atomic E-state index is 0. The largest absolute Gasteiger partial charge is 4.00 e. The van der Waals surface area contributed by atoms with E-state index < -0.39 is 48.3 Å². The molecule has 0 aromatic heterocycles. The minimum atomic E-state index is -1.23. The standard InChI is InChI=1S/4C3H6O3.Ti/c4*1-2(4)3(5)6;/h4*2,4H,1H3,(H,5,6);/q;;;;+4. The molecule has 0 radical (unpaired) electrons. The summed E-state index contributed by atoms with van der Waals surface area (Å²) >= 11 is 0. The number of rotatable bonds is 4. The summed E-state index contributed by atoms with van der Waals surface area (Å²) in [6.45, 7) is 4.79. The van der Waals surface area contributed by atoms with Gasteiger partial charge < -0.3 is 40.9 Å². The molecule has 12 nitrogen and oxygen atoms in total. The normalized spacial score (nSPS) is 13.1. The van der Waals surface area contributed by atoms with Crippen molar-refractivity contribution in [3.63, 3.8) is 0 Å². The van der Waals surface area contributed by atoms with Gasteiger partial charge in [-0.3, -0.25) is 0 Å². The van der Waals surface area contributed by atoms with Gasteiger partial charge >= 0.3 is 45.6 Å². The summed E-state index contributed by atoms with van der Waals surface area (Å²) < 4.78 is 0. The third-order valence-electron chi connectivity index (χ3n) is 1.43. The fourth-order valence-corrected chi connectivity index (χ4v) is 0. The van der Waals surface area contributed by atoms with Crippen LogP contribution >= 0.6 is 0 Å². The molecule has 0 bridgehead atoms. The summed E-state index contributed by atoms with van der Waals surface area (Å²) in [7, 11) is 0. The summed E-state index contributed by atoms with van der Waals surface area (Å²) in [4.78, 5) is 37.8. The zero-order valence-electron chi connectivity index (χ0n) is 14.0. The number of aliphatic hydroxyl groups excluding tert-OH is 4. The second-order valence-electron chi connectivity index (χ2n) is 4.06. The maximum Gasteiger partial charge on any atom is 4.00 e. The number of aliphatic hydroxyl groups is 4. The van der Waals surface area contributed by atoms with Gasteiger partial charge in [0.2, 0.25) is 0 Å². The van der Waals surface area contributed by atoms with Crippen LogP contribution in [0.4, 0.5) is 0 Å². The molecule has 0 fully saturated rings. The molecule has 0 saturated heterocycles. The zero-order chi connectivity index (χ0) is 20.6. The van der Waals surface area contributed by atoms with Crippen molar-refractivity contribution in [2.45, 2.75) is 52.1 Å². The van der Waals surface area contributed by atoms with Crippen LogP contribution in [-0.4, -0.2) is 89.1 Å². The predicted molar refractivity (Wildman–Crippen MR) is 77.3 cm³/mol. The molecule has 0 aromatic carbocycles. The maximum atomic E-state index is 9.45. The maximum absolute atomic E-state index is 9.45. The van der Waals surface area contributed by atoms with Crippen LogP contribution < -0.4 is 0 Å². The molecule has 0 rings (SSSR count). The Labute approximate surface area is 158 Å². The van der Waals surface area contributed by atoms with Gasteiger partial charge in [0.1, 0.15) is 24.4 Å². The zero-order valence-corrected chi connectivity index (χ0v) is 15.6. The van der Waals surface area contributed by atoms with E-state index in [9.17, 15) is 19.2 Å². The molecule has 0 heterocycles. The molecule has 0 amide bonds. The number of carboxylic acids is 4. The van der Waals surface area contributed by atoms with Crippen LogP contribution in [0.3, 0.4) is 0 Å². The molecule has 0 spiro atoms. The van der Waals surface area contributed by atoms with Gasteiger partial charge in [0, 0.05) is 0 Å². The van der Waals surface area contributed by atoms with Gasteiger partial charge in [-0.2, -0.15) is 0 Å². The summed E-state index contributed by atoms with van der Waals surface area (Å²) in [5.41, 5.74) is 0. The van der Waals surface area contributed by atoms with E-state index in [4.69, 9.17) is 40.9 Å². The predicted octanol–water partition coefficient (Wildman–Crippen LogP) is -2.20. The van der Waals surface area contributed by atoms with Crippen LogP contribution in [-0.2, 0) is 40.9 Å². The molecule has 8 N–H and O–H groups in total. The average molecular weight is 408 g/mol. The van der Waals surface area contributed by atoms with Crippen molar-refractivity contribution in [1.29, 1.82) is 0 Å². The second-order valence-corrected chi connectivity index (χ2v) is 4.06. The second kappa shape index (κ2) is 20.5. The Balaban J connectivity index is -0.0000000702. The van der Waals surface area contributed by atoms with Gasteiger partial charge in [-0.15, -0.1) is 0 Å². The van der Waals surface area contributed by atoms with Crippen molar-refractivity contribution in [1.82, 2.24) is 0 Å². The topological polar surface area (TPSA) is 230 Å². The van der Waals surface area contributed by atoms with E-state index in [1.165, 1.54) is 27.7 Å². The van der Waals surface area contributed by atoms with Gasteiger partial charge in [-0.25, -0.2) is 19.2 Å². The van der Waals surface area contributed by atoms with Crippen LogP contribution in [0.2, 0.25) is 0 Å². The molecule has 0 aromatic rings. The molecule has 4 unspecified atom stereocenters.